The number of benzene rings is 1. The number of nitrogens with one attached hydrogen (secondary N) is 1. The zero-order valence-corrected chi connectivity index (χ0v) is 13.2. The molecule has 0 aromatic heterocycles. The molecule has 2 amide bonds. The number of esters is 1. The predicted molar refractivity (Wildman–Crippen MR) is 80.4 cm³/mol. The molecule has 7 heteroatoms. The molecule has 1 N–H and O–H groups in total. The molecule has 1 rings (SSSR count). The minimum absolute atomic E-state index is 0.159. The molecule has 0 aliphatic heterocycles. The van der Waals surface area contributed by atoms with Crippen LogP contribution in [0.3, 0.4) is 0 Å². The van der Waals surface area contributed by atoms with E-state index < -0.39 is 29.6 Å². The van der Waals surface area contributed by atoms with E-state index in [1.165, 1.54) is 20.3 Å². The smallest absolute Gasteiger partial charge is 0.323 e. The van der Waals surface area contributed by atoms with Gasteiger partial charge in [-0.1, -0.05) is 19.1 Å². The lowest BCUT2D eigenvalue weighted by atomic mass is 9.92. The highest BCUT2D eigenvalue weighted by atomic mass is 16.5. The molecule has 0 radical (unpaired) electrons. The first-order valence-electron chi connectivity index (χ1n) is 6.89. The summed E-state index contributed by atoms with van der Waals surface area (Å²) in [5.74, 6) is -3.20. The molecule has 0 saturated heterocycles. The van der Waals surface area contributed by atoms with Gasteiger partial charge in [0.15, 0.2) is 0 Å². The van der Waals surface area contributed by atoms with Crippen LogP contribution in [0.25, 0.3) is 0 Å². The van der Waals surface area contributed by atoms with Crippen LogP contribution < -0.4 is 10.1 Å². The number of carbonyl (C=O) groups excluding carboxylic acids is 3. The molecule has 0 heterocycles. The average molecular weight is 318 g/mol. The third-order valence-electron chi connectivity index (χ3n) is 3.28. The van der Waals surface area contributed by atoms with Gasteiger partial charge in [-0.3, -0.25) is 19.7 Å². The predicted octanol–water partition coefficient (Wildman–Crippen LogP) is 1.29. The van der Waals surface area contributed by atoms with Crippen LogP contribution in [0.4, 0.5) is 0 Å². The summed E-state index contributed by atoms with van der Waals surface area (Å²) in [4.78, 5) is 35.4. The van der Waals surface area contributed by atoms with E-state index in [1.807, 2.05) is 0 Å². The highest BCUT2D eigenvalue weighted by Gasteiger charge is 2.28. The summed E-state index contributed by atoms with van der Waals surface area (Å²) >= 11 is 0. The van der Waals surface area contributed by atoms with Gasteiger partial charge >= 0.3 is 5.97 Å². The van der Waals surface area contributed by atoms with E-state index in [2.05, 4.69) is 10.1 Å². The van der Waals surface area contributed by atoms with Crippen LogP contribution in [0.5, 0.6) is 5.75 Å². The highest BCUT2D eigenvalue weighted by molar-refractivity contribution is 6.06. The van der Waals surface area contributed by atoms with Crippen LogP contribution in [-0.4, -0.2) is 32.0 Å². The number of nitrogens with zero attached hydrogens (tertiary/aromatic N) is 1. The van der Waals surface area contributed by atoms with Crippen molar-refractivity contribution in [2.24, 2.45) is 11.8 Å². The lowest BCUT2D eigenvalue weighted by Crippen LogP contribution is -2.34. The number of ether oxygens (including phenoxy) is 2. The Bertz CT molecular complexity index is 636. The van der Waals surface area contributed by atoms with Crippen LogP contribution in [0, 0.1) is 23.2 Å². The van der Waals surface area contributed by atoms with E-state index >= 15 is 0 Å². The fourth-order valence-corrected chi connectivity index (χ4v) is 2.03. The number of para-hydroxylation sites is 1. The van der Waals surface area contributed by atoms with Crippen molar-refractivity contribution >= 4 is 17.8 Å². The van der Waals surface area contributed by atoms with E-state index in [0.717, 1.165) is 0 Å². The van der Waals surface area contributed by atoms with Gasteiger partial charge < -0.3 is 9.47 Å². The first kappa shape index (κ1) is 18.2. The number of methoxy groups -OCH3 is 2. The second kappa shape index (κ2) is 8.54. The van der Waals surface area contributed by atoms with Crippen LogP contribution in [0.15, 0.2) is 24.3 Å². The van der Waals surface area contributed by atoms with Gasteiger partial charge in [-0.25, -0.2) is 0 Å². The van der Waals surface area contributed by atoms with Gasteiger partial charge in [0.2, 0.25) is 5.91 Å². The quantitative estimate of drug-likeness (QED) is 0.792. The van der Waals surface area contributed by atoms with E-state index in [4.69, 9.17) is 10.00 Å². The fourth-order valence-electron chi connectivity index (χ4n) is 2.03. The molecule has 0 aliphatic rings. The molecule has 122 valence electrons. The Labute approximate surface area is 134 Å². The Morgan fingerprint density at radius 1 is 1.26 bits per heavy atom. The molecular weight excluding hydrogens is 300 g/mol. The zero-order chi connectivity index (χ0) is 17.4. The Hall–Kier alpha value is -2.88. The van der Waals surface area contributed by atoms with Crippen molar-refractivity contribution in [3.05, 3.63) is 29.8 Å². The maximum atomic E-state index is 12.1. The minimum atomic E-state index is -1.06. The van der Waals surface area contributed by atoms with Gasteiger partial charge in [0.1, 0.15) is 11.7 Å². The van der Waals surface area contributed by atoms with Crippen LogP contribution in [0.2, 0.25) is 0 Å². The van der Waals surface area contributed by atoms with Crippen LogP contribution >= 0.6 is 0 Å². The topological polar surface area (TPSA) is 105 Å². The summed E-state index contributed by atoms with van der Waals surface area (Å²) in [7, 11) is 2.59. The number of carbonyl (C=O) groups is 3. The van der Waals surface area contributed by atoms with Gasteiger partial charge in [-0.15, -0.1) is 0 Å². The highest BCUT2D eigenvalue weighted by Crippen LogP contribution is 2.18. The number of hydrogen-bond donors (Lipinski definition) is 1. The molecule has 7 nitrogen and oxygen atoms in total. The van der Waals surface area contributed by atoms with Crippen LogP contribution in [0.1, 0.15) is 23.7 Å². The van der Waals surface area contributed by atoms with Gasteiger partial charge in [-0.2, -0.15) is 5.26 Å². The summed E-state index contributed by atoms with van der Waals surface area (Å²) in [6, 6.07) is 8.28. The molecule has 23 heavy (non-hydrogen) atoms. The van der Waals surface area contributed by atoms with Crippen LogP contribution in [-0.2, 0) is 14.3 Å². The van der Waals surface area contributed by atoms with Crippen molar-refractivity contribution < 1.29 is 23.9 Å². The maximum Gasteiger partial charge on any atom is 0.323 e. The maximum absolute atomic E-state index is 12.1. The van der Waals surface area contributed by atoms with E-state index in [-0.39, 0.29) is 12.0 Å². The largest absolute Gasteiger partial charge is 0.496 e. The molecule has 1 unspecified atom stereocenters. The summed E-state index contributed by atoms with van der Waals surface area (Å²) in [5, 5.41) is 11.2. The van der Waals surface area contributed by atoms with Crippen molar-refractivity contribution in [2.45, 2.75) is 13.3 Å². The Morgan fingerprint density at radius 3 is 2.48 bits per heavy atom. The summed E-state index contributed by atoms with van der Waals surface area (Å²) in [5.41, 5.74) is 0.223. The Morgan fingerprint density at radius 2 is 1.91 bits per heavy atom. The van der Waals surface area contributed by atoms with Crippen molar-refractivity contribution in [3.8, 4) is 11.8 Å². The molecule has 0 bridgehead atoms. The number of imide groups is 1. The second-order valence-corrected chi connectivity index (χ2v) is 4.89. The lowest BCUT2D eigenvalue weighted by Gasteiger charge is -2.15. The standard InChI is InChI=1S/C16H18N2O5/c1-10(12(9-17)16(21)23-3)8-14(19)18-15(20)11-6-4-5-7-13(11)22-2/h4-7,10,12H,8H2,1-3H3,(H,18,19,20)/t10-,12?/m1/s1. The molecule has 0 aliphatic carbocycles. The summed E-state index contributed by atoms with van der Waals surface area (Å²) in [6.07, 6.45) is -0.159. The number of nitriles is 1. The van der Waals surface area contributed by atoms with E-state index in [0.29, 0.717) is 5.75 Å². The van der Waals surface area contributed by atoms with Crippen molar-refractivity contribution in [1.82, 2.24) is 5.32 Å². The first-order chi connectivity index (χ1) is 10.9. The fraction of sp³-hybridized carbons (Fsp3) is 0.375. The Kier molecular flexibility index (Phi) is 6.74. The molecule has 0 saturated carbocycles. The van der Waals surface area contributed by atoms with Crippen molar-refractivity contribution in [3.63, 3.8) is 0 Å². The summed E-state index contributed by atoms with van der Waals surface area (Å²) < 4.78 is 9.56. The summed E-state index contributed by atoms with van der Waals surface area (Å²) in [6.45, 7) is 1.57. The molecule has 0 spiro atoms. The zero-order valence-electron chi connectivity index (χ0n) is 13.2. The molecule has 0 fully saturated rings. The number of amides is 2. The van der Waals surface area contributed by atoms with Crippen molar-refractivity contribution in [2.75, 3.05) is 14.2 Å². The van der Waals surface area contributed by atoms with Gasteiger partial charge in [-0.05, 0) is 18.1 Å². The van der Waals surface area contributed by atoms with Crippen molar-refractivity contribution in [1.29, 1.82) is 5.26 Å². The van der Waals surface area contributed by atoms with Gasteiger partial charge in [0.25, 0.3) is 5.91 Å². The minimum Gasteiger partial charge on any atom is -0.496 e. The SMILES string of the molecule is COC(=O)C(C#N)[C@H](C)CC(=O)NC(=O)c1ccccc1OC. The van der Waals surface area contributed by atoms with Gasteiger partial charge in [0, 0.05) is 6.42 Å². The van der Waals surface area contributed by atoms with E-state index in [9.17, 15) is 14.4 Å². The third-order valence-corrected chi connectivity index (χ3v) is 3.28. The average Bonchev–Trinajstić information content (AvgIpc) is 2.54. The first-order valence-corrected chi connectivity index (χ1v) is 6.89. The molecule has 2 atom stereocenters. The normalized spacial score (nSPS) is 12.4. The molecule has 1 aromatic rings. The Balaban J connectivity index is 2.71. The number of hydrogen-bond acceptors (Lipinski definition) is 6. The number of rotatable bonds is 6. The second-order valence-electron chi connectivity index (χ2n) is 4.89. The third kappa shape index (κ3) is 4.81. The molecular formula is C16H18N2O5. The molecule has 1 aromatic carbocycles. The lowest BCUT2D eigenvalue weighted by molar-refractivity contribution is -0.145. The van der Waals surface area contributed by atoms with Gasteiger partial charge in [0.05, 0.1) is 25.9 Å². The van der Waals surface area contributed by atoms with E-state index in [1.54, 1.807) is 31.2 Å². The monoisotopic (exact) mass is 318 g/mol.